The molecule has 0 bridgehead atoms. The fourth-order valence-corrected chi connectivity index (χ4v) is 8.46. The maximum atomic E-state index is 13.8. The van der Waals surface area contributed by atoms with Crippen molar-refractivity contribution in [1.82, 2.24) is 14.1 Å². The van der Waals surface area contributed by atoms with Crippen LogP contribution in [-0.2, 0) is 29.3 Å². The molecule has 7 nitrogen and oxygen atoms in total. The van der Waals surface area contributed by atoms with Gasteiger partial charge in [0.2, 0.25) is 10.0 Å². The fraction of sp³-hybridized carbons (Fsp3) is 0.467. The van der Waals surface area contributed by atoms with E-state index in [2.05, 4.69) is 5.10 Å². The first kappa shape index (κ1) is 26.2. The summed E-state index contributed by atoms with van der Waals surface area (Å²) in [6.45, 7) is 0.945. The normalized spacial score (nSPS) is 19.3. The number of aromatic amines is 1. The molecule has 3 aliphatic rings. The highest BCUT2D eigenvalue weighted by molar-refractivity contribution is 7.89. The molecule has 3 aromatic rings. The van der Waals surface area contributed by atoms with E-state index in [0.717, 1.165) is 54.6 Å². The highest BCUT2D eigenvalue weighted by Gasteiger charge is 2.36. The average Bonchev–Trinajstić information content (AvgIpc) is 3.54. The fourth-order valence-electron chi connectivity index (χ4n) is 6.39. The highest BCUT2D eigenvalue weighted by Crippen LogP contribution is 2.34. The van der Waals surface area contributed by atoms with Crippen molar-refractivity contribution in [2.24, 2.45) is 4.99 Å². The van der Waals surface area contributed by atoms with Gasteiger partial charge in [-0.2, -0.15) is 0 Å². The van der Waals surface area contributed by atoms with E-state index in [4.69, 9.17) is 4.99 Å². The number of rotatable bonds is 6. The second-order valence-corrected chi connectivity index (χ2v) is 13.3. The van der Waals surface area contributed by atoms with Gasteiger partial charge in [0.15, 0.2) is 0 Å². The topological polar surface area (TPSA) is 87.5 Å². The Balaban J connectivity index is 1.25. The molecule has 0 spiro atoms. The quantitative estimate of drug-likeness (QED) is 0.465. The van der Waals surface area contributed by atoms with Crippen molar-refractivity contribution < 1.29 is 12.8 Å². The number of aryl methyl sites for hydroxylation is 1. The van der Waals surface area contributed by atoms with Crippen molar-refractivity contribution in [2.75, 3.05) is 13.1 Å². The zero-order valence-corrected chi connectivity index (χ0v) is 22.9. The van der Waals surface area contributed by atoms with Crippen LogP contribution in [0.2, 0.25) is 0 Å². The van der Waals surface area contributed by atoms with Gasteiger partial charge in [0.25, 0.3) is 5.56 Å². The molecule has 0 unspecified atom stereocenters. The van der Waals surface area contributed by atoms with Gasteiger partial charge in [0.05, 0.1) is 10.9 Å². The van der Waals surface area contributed by atoms with Gasteiger partial charge in [0.1, 0.15) is 11.7 Å². The first-order valence-electron chi connectivity index (χ1n) is 14.1. The Labute approximate surface area is 228 Å². The second-order valence-electron chi connectivity index (χ2n) is 11.1. The number of sulfonamides is 1. The Morgan fingerprint density at radius 1 is 0.923 bits per heavy atom. The number of hydrogen-bond acceptors (Lipinski definition) is 4. The van der Waals surface area contributed by atoms with Crippen LogP contribution in [0, 0.1) is 5.82 Å². The number of hydrogen-bond donors (Lipinski definition) is 1. The van der Waals surface area contributed by atoms with E-state index in [9.17, 15) is 17.6 Å². The minimum atomic E-state index is -3.29. The van der Waals surface area contributed by atoms with Crippen molar-refractivity contribution >= 4 is 21.5 Å². The van der Waals surface area contributed by atoms with Gasteiger partial charge < -0.3 is 0 Å². The van der Waals surface area contributed by atoms with E-state index in [0.29, 0.717) is 56.6 Å². The van der Waals surface area contributed by atoms with Crippen LogP contribution >= 0.6 is 0 Å². The van der Waals surface area contributed by atoms with Crippen molar-refractivity contribution in [3.05, 3.63) is 87.1 Å². The van der Waals surface area contributed by atoms with E-state index in [1.54, 1.807) is 21.1 Å². The van der Waals surface area contributed by atoms with Gasteiger partial charge in [-0.3, -0.25) is 9.89 Å². The van der Waals surface area contributed by atoms with Crippen LogP contribution < -0.4 is 5.56 Å². The third-order valence-electron chi connectivity index (χ3n) is 8.64. The molecule has 2 aliphatic heterocycles. The smallest absolute Gasteiger partial charge is 0.275 e. The lowest BCUT2D eigenvalue weighted by Gasteiger charge is -2.34. The second kappa shape index (κ2) is 10.8. The molecule has 3 heterocycles. The van der Waals surface area contributed by atoms with Gasteiger partial charge in [-0.1, -0.05) is 49.6 Å². The average molecular weight is 551 g/mol. The molecule has 0 amide bonds. The summed E-state index contributed by atoms with van der Waals surface area (Å²) in [6, 6.07) is 14.3. The first-order chi connectivity index (χ1) is 18.9. The van der Waals surface area contributed by atoms with Crippen LogP contribution in [0.4, 0.5) is 10.1 Å². The van der Waals surface area contributed by atoms with Gasteiger partial charge in [-0.15, -0.1) is 0 Å². The molecule has 0 atom stereocenters. The van der Waals surface area contributed by atoms with Crippen molar-refractivity contribution in [3.63, 3.8) is 0 Å². The van der Waals surface area contributed by atoms with E-state index in [-0.39, 0.29) is 22.5 Å². The molecule has 0 radical (unpaired) electrons. The number of aliphatic imine (C=N–C) groups is 1. The first-order valence-corrected chi connectivity index (χ1v) is 15.6. The molecule has 1 aromatic heterocycles. The van der Waals surface area contributed by atoms with Crippen LogP contribution in [0.15, 0.2) is 58.3 Å². The number of fused-ring (bicyclic) bond motifs is 1. The van der Waals surface area contributed by atoms with Crippen LogP contribution in [0.25, 0.3) is 0 Å². The molecule has 1 saturated heterocycles. The van der Waals surface area contributed by atoms with E-state index >= 15 is 0 Å². The maximum absolute atomic E-state index is 13.8. The largest absolute Gasteiger partial charge is 0.293 e. The van der Waals surface area contributed by atoms with Crippen LogP contribution in [0.1, 0.15) is 73.2 Å². The lowest BCUT2D eigenvalue weighted by molar-refractivity contribution is 0.307. The van der Waals surface area contributed by atoms with Gasteiger partial charge in [-0.05, 0) is 67.9 Å². The predicted molar refractivity (Wildman–Crippen MR) is 151 cm³/mol. The van der Waals surface area contributed by atoms with Gasteiger partial charge in [0, 0.05) is 36.7 Å². The van der Waals surface area contributed by atoms with Crippen molar-refractivity contribution in [1.29, 1.82) is 0 Å². The molecule has 9 heteroatoms. The number of piperidine rings is 1. The van der Waals surface area contributed by atoms with E-state index in [1.807, 2.05) is 24.3 Å². The lowest BCUT2D eigenvalue weighted by atomic mass is 9.90. The molecule has 1 saturated carbocycles. The summed E-state index contributed by atoms with van der Waals surface area (Å²) >= 11 is 0. The minimum Gasteiger partial charge on any atom is -0.293 e. The molecular formula is C30H35FN4O3S. The van der Waals surface area contributed by atoms with E-state index < -0.39 is 10.0 Å². The molecule has 2 fully saturated rings. The van der Waals surface area contributed by atoms with Crippen LogP contribution in [0.3, 0.4) is 0 Å². The van der Waals surface area contributed by atoms with Crippen molar-refractivity contribution in [2.45, 2.75) is 75.4 Å². The predicted octanol–water partition coefficient (Wildman–Crippen LogP) is 5.08. The number of para-hydroxylation sites is 1. The zero-order valence-electron chi connectivity index (χ0n) is 22.1. The number of aromatic nitrogens is 2. The summed E-state index contributed by atoms with van der Waals surface area (Å²) in [7, 11) is -3.29. The number of halogens is 1. The van der Waals surface area contributed by atoms with Crippen LogP contribution in [0.5, 0.6) is 0 Å². The number of nitrogens with one attached hydrogen (secondary N) is 1. The summed E-state index contributed by atoms with van der Waals surface area (Å²) in [5.41, 5.74) is 4.43. The molecule has 1 N–H and O–H groups in total. The third kappa shape index (κ3) is 5.26. The standard InChI is InChI=1S/C30H35FN4O3S/c31-24-13-10-21(11-14-24)12-15-26-29(33-35(30(26)36)28-20-23-6-4-5-9-27(23)32-28)22-16-18-34(19-17-22)39(37,38)25-7-2-1-3-8-25/h4-6,9-11,13-14,22,25,33H,1-3,7-8,12,15-20H2. The van der Waals surface area contributed by atoms with Gasteiger partial charge >= 0.3 is 0 Å². The highest BCUT2D eigenvalue weighted by atomic mass is 32.2. The summed E-state index contributed by atoms with van der Waals surface area (Å²) in [6.07, 6.45) is 7.66. The molecule has 2 aromatic carbocycles. The molecule has 6 rings (SSSR count). The Morgan fingerprint density at radius 3 is 2.36 bits per heavy atom. The van der Waals surface area contributed by atoms with Gasteiger partial charge in [-0.25, -0.2) is 26.8 Å². The Kier molecular flexibility index (Phi) is 7.29. The monoisotopic (exact) mass is 550 g/mol. The Morgan fingerprint density at radius 2 is 1.64 bits per heavy atom. The molecule has 206 valence electrons. The van der Waals surface area contributed by atoms with Crippen LogP contribution in [-0.4, -0.2) is 46.7 Å². The number of H-pyrrole nitrogens is 1. The van der Waals surface area contributed by atoms with Crippen molar-refractivity contribution in [3.8, 4) is 0 Å². The maximum Gasteiger partial charge on any atom is 0.275 e. The summed E-state index contributed by atoms with van der Waals surface area (Å²) in [4.78, 5) is 18.5. The number of nitrogens with zero attached hydrogens (tertiary/aromatic N) is 3. The minimum absolute atomic E-state index is 0.0596. The Hall–Kier alpha value is -3.04. The molecule has 1 aliphatic carbocycles. The lowest BCUT2D eigenvalue weighted by Crippen LogP contribution is -2.43. The SMILES string of the molecule is O=c1c(CCc2ccc(F)cc2)c(C2CCN(S(=O)(=O)C3CCCCC3)CC2)[nH]n1C1=Nc2ccccc2C1. The number of benzene rings is 2. The molecule has 39 heavy (non-hydrogen) atoms. The summed E-state index contributed by atoms with van der Waals surface area (Å²) < 4.78 is 43.3. The molecular weight excluding hydrogens is 515 g/mol. The third-order valence-corrected chi connectivity index (χ3v) is 11.0. The van der Waals surface area contributed by atoms with E-state index in [1.165, 1.54) is 12.1 Å². The Bertz CT molecular complexity index is 1530. The zero-order chi connectivity index (χ0) is 27.0. The summed E-state index contributed by atoms with van der Waals surface area (Å²) in [5.74, 6) is 0.453. The summed E-state index contributed by atoms with van der Waals surface area (Å²) in [5, 5.41) is 3.15.